The highest BCUT2D eigenvalue weighted by molar-refractivity contribution is 7.98. The second-order valence-electron chi connectivity index (χ2n) is 7.08. The SMILES string of the molecule is COc1ccc(NC(=O)CN(C)C(=O)C2CC(=O)N(c3cccc(SC)c3)C2)cc1. The lowest BCUT2D eigenvalue weighted by Crippen LogP contribution is -2.39. The predicted molar refractivity (Wildman–Crippen MR) is 118 cm³/mol. The fraction of sp³-hybridized carbons (Fsp3) is 0.318. The molecule has 2 aromatic rings. The van der Waals surface area contributed by atoms with Crippen molar-refractivity contribution in [3.63, 3.8) is 0 Å². The highest BCUT2D eigenvalue weighted by Crippen LogP contribution is 2.29. The number of nitrogens with zero attached hydrogens (tertiary/aromatic N) is 2. The van der Waals surface area contributed by atoms with Crippen molar-refractivity contribution in [2.45, 2.75) is 11.3 Å². The van der Waals surface area contributed by atoms with E-state index in [0.717, 1.165) is 10.6 Å². The molecular formula is C22H25N3O4S. The van der Waals surface area contributed by atoms with Crippen LogP contribution in [-0.2, 0) is 14.4 Å². The third-order valence-corrected chi connectivity index (χ3v) is 5.70. The van der Waals surface area contributed by atoms with Gasteiger partial charge in [-0.2, -0.15) is 0 Å². The summed E-state index contributed by atoms with van der Waals surface area (Å²) in [5, 5.41) is 2.76. The average molecular weight is 428 g/mol. The van der Waals surface area contributed by atoms with Crippen LogP contribution < -0.4 is 15.0 Å². The number of benzene rings is 2. The van der Waals surface area contributed by atoms with Crippen LogP contribution in [0.2, 0.25) is 0 Å². The van der Waals surface area contributed by atoms with Crippen LogP contribution in [0, 0.1) is 5.92 Å². The molecule has 1 atom stereocenters. The summed E-state index contributed by atoms with van der Waals surface area (Å²) in [6.45, 7) is 0.234. The number of methoxy groups -OCH3 is 1. The predicted octanol–water partition coefficient (Wildman–Crippen LogP) is 2.87. The Morgan fingerprint density at radius 3 is 2.63 bits per heavy atom. The molecule has 3 rings (SSSR count). The molecule has 1 unspecified atom stereocenters. The molecule has 3 amide bonds. The van der Waals surface area contributed by atoms with Gasteiger partial charge in [0, 0.05) is 36.3 Å². The fourth-order valence-electron chi connectivity index (χ4n) is 3.38. The molecule has 7 nitrogen and oxygen atoms in total. The van der Waals surface area contributed by atoms with E-state index in [1.54, 1.807) is 55.1 Å². The monoisotopic (exact) mass is 427 g/mol. The van der Waals surface area contributed by atoms with Crippen LogP contribution in [0.4, 0.5) is 11.4 Å². The van der Waals surface area contributed by atoms with Gasteiger partial charge in [-0.15, -0.1) is 11.8 Å². The van der Waals surface area contributed by atoms with Crippen molar-refractivity contribution in [2.24, 2.45) is 5.92 Å². The molecule has 2 aromatic carbocycles. The number of carbonyl (C=O) groups excluding carboxylic acids is 3. The Morgan fingerprint density at radius 2 is 1.97 bits per heavy atom. The van der Waals surface area contributed by atoms with Crippen LogP contribution in [-0.4, -0.2) is 56.1 Å². The smallest absolute Gasteiger partial charge is 0.243 e. The summed E-state index contributed by atoms with van der Waals surface area (Å²) in [4.78, 5) is 41.7. The van der Waals surface area contributed by atoms with Gasteiger partial charge < -0.3 is 19.9 Å². The molecule has 0 bridgehead atoms. The van der Waals surface area contributed by atoms with Crippen molar-refractivity contribution in [3.05, 3.63) is 48.5 Å². The van der Waals surface area contributed by atoms with E-state index in [4.69, 9.17) is 4.74 Å². The van der Waals surface area contributed by atoms with Crippen LogP contribution >= 0.6 is 11.8 Å². The fourth-order valence-corrected chi connectivity index (χ4v) is 3.83. The first-order chi connectivity index (χ1) is 14.4. The van der Waals surface area contributed by atoms with E-state index in [2.05, 4.69) is 5.32 Å². The van der Waals surface area contributed by atoms with Gasteiger partial charge in [-0.1, -0.05) is 6.07 Å². The number of amides is 3. The van der Waals surface area contributed by atoms with Gasteiger partial charge in [0.25, 0.3) is 0 Å². The number of ether oxygens (including phenoxy) is 1. The third-order valence-electron chi connectivity index (χ3n) is 4.97. The Labute approximate surface area is 180 Å². The minimum absolute atomic E-state index is 0.0808. The molecule has 1 aliphatic heterocycles. The molecule has 0 spiro atoms. The number of carbonyl (C=O) groups is 3. The van der Waals surface area contributed by atoms with Crippen LogP contribution in [0.1, 0.15) is 6.42 Å². The highest BCUT2D eigenvalue weighted by atomic mass is 32.2. The number of thioether (sulfide) groups is 1. The van der Waals surface area contributed by atoms with Gasteiger partial charge in [0.1, 0.15) is 5.75 Å². The first-order valence-corrected chi connectivity index (χ1v) is 10.8. The summed E-state index contributed by atoms with van der Waals surface area (Å²) < 4.78 is 5.09. The summed E-state index contributed by atoms with van der Waals surface area (Å²) in [7, 11) is 3.15. The number of nitrogens with one attached hydrogen (secondary N) is 1. The minimum atomic E-state index is -0.464. The quantitative estimate of drug-likeness (QED) is 0.688. The Hall–Kier alpha value is -3.00. The molecule has 1 heterocycles. The van der Waals surface area contributed by atoms with Gasteiger partial charge in [-0.25, -0.2) is 0 Å². The lowest BCUT2D eigenvalue weighted by Gasteiger charge is -2.21. The van der Waals surface area contributed by atoms with Crippen LogP contribution in [0.25, 0.3) is 0 Å². The standard InChI is InChI=1S/C22H25N3O4S/c1-24(14-20(26)23-16-7-9-18(29-2)10-8-16)22(28)15-11-21(27)25(13-15)17-5-4-6-19(12-17)30-3/h4-10,12,15H,11,13-14H2,1-3H3,(H,23,26). The maximum Gasteiger partial charge on any atom is 0.243 e. The van der Waals surface area contributed by atoms with E-state index < -0.39 is 5.92 Å². The number of hydrogen-bond acceptors (Lipinski definition) is 5. The zero-order valence-electron chi connectivity index (χ0n) is 17.3. The molecule has 158 valence electrons. The zero-order valence-corrected chi connectivity index (χ0v) is 18.1. The normalized spacial score (nSPS) is 15.8. The molecule has 1 aliphatic rings. The first kappa shape index (κ1) is 21.7. The van der Waals surface area contributed by atoms with E-state index in [0.29, 0.717) is 18.0 Å². The molecule has 0 radical (unpaired) electrons. The Kier molecular flexibility index (Phi) is 6.99. The van der Waals surface area contributed by atoms with Crippen molar-refractivity contribution in [1.29, 1.82) is 0 Å². The molecule has 0 aromatic heterocycles. The van der Waals surface area contributed by atoms with Gasteiger partial charge >= 0.3 is 0 Å². The van der Waals surface area contributed by atoms with E-state index in [1.165, 1.54) is 4.90 Å². The molecular weight excluding hydrogens is 402 g/mol. The van der Waals surface area contributed by atoms with E-state index in [-0.39, 0.29) is 30.7 Å². The third kappa shape index (κ3) is 5.13. The summed E-state index contributed by atoms with van der Waals surface area (Å²) >= 11 is 1.60. The van der Waals surface area contributed by atoms with Crippen molar-refractivity contribution in [2.75, 3.05) is 43.7 Å². The van der Waals surface area contributed by atoms with Crippen molar-refractivity contribution < 1.29 is 19.1 Å². The Morgan fingerprint density at radius 1 is 1.23 bits per heavy atom. The van der Waals surface area contributed by atoms with E-state index in [1.807, 2.05) is 30.5 Å². The zero-order chi connectivity index (χ0) is 21.7. The van der Waals surface area contributed by atoms with Crippen molar-refractivity contribution in [3.8, 4) is 5.75 Å². The molecule has 8 heteroatoms. The van der Waals surface area contributed by atoms with Crippen molar-refractivity contribution >= 4 is 40.9 Å². The van der Waals surface area contributed by atoms with Gasteiger partial charge in [-0.3, -0.25) is 14.4 Å². The Bertz CT molecular complexity index is 932. The molecule has 1 saturated heterocycles. The second kappa shape index (κ2) is 9.67. The van der Waals surface area contributed by atoms with Gasteiger partial charge in [0.15, 0.2) is 0 Å². The molecule has 1 fully saturated rings. The largest absolute Gasteiger partial charge is 0.497 e. The second-order valence-corrected chi connectivity index (χ2v) is 7.96. The summed E-state index contributed by atoms with van der Waals surface area (Å²) in [6.07, 6.45) is 2.12. The highest BCUT2D eigenvalue weighted by Gasteiger charge is 2.36. The topological polar surface area (TPSA) is 79.0 Å². The van der Waals surface area contributed by atoms with Gasteiger partial charge in [-0.05, 0) is 48.7 Å². The molecule has 1 N–H and O–H groups in total. The first-order valence-electron chi connectivity index (χ1n) is 9.54. The lowest BCUT2D eigenvalue weighted by molar-refractivity contribution is -0.137. The van der Waals surface area contributed by atoms with Gasteiger partial charge in [0.2, 0.25) is 17.7 Å². The molecule has 30 heavy (non-hydrogen) atoms. The van der Waals surface area contributed by atoms with Crippen LogP contribution in [0.5, 0.6) is 5.75 Å². The molecule has 0 saturated carbocycles. The maximum atomic E-state index is 12.8. The summed E-state index contributed by atoms with van der Waals surface area (Å²) in [6, 6.07) is 14.7. The van der Waals surface area contributed by atoms with E-state index >= 15 is 0 Å². The van der Waals surface area contributed by atoms with Crippen LogP contribution in [0.15, 0.2) is 53.4 Å². The Balaban J connectivity index is 1.57. The molecule has 0 aliphatic carbocycles. The van der Waals surface area contributed by atoms with Crippen molar-refractivity contribution in [1.82, 2.24) is 4.90 Å². The van der Waals surface area contributed by atoms with Gasteiger partial charge in [0.05, 0.1) is 19.6 Å². The number of hydrogen-bond donors (Lipinski definition) is 1. The summed E-state index contributed by atoms with van der Waals surface area (Å²) in [5.41, 5.74) is 1.42. The number of anilines is 2. The minimum Gasteiger partial charge on any atom is -0.497 e. The van der Waals surface area contributed by atoms with E-state index in [9.17, 15) is 14.4 Å². The van der Waals surface area contributed by atoms with Crippen LogP contribution in [0.3, 0.4) is 0 Å². The maximum absolute atomic E-state index is 12.8. The number of rotatable bonds is 7. The number of likely N-dealkylation sites (N-methyl/N-ethyl adjacent to an activating group) is 1. The summed E-state index contributed by atoms with van der Waals surface area (Å²) in [5.74, 6) is -0.364. The average Bonchev–Trinajstić information content (AvgIpc) is 3.15. The lowest BCUT2D eigenvalue weighted by atomic mass is 10.1.